The van der Waals surface area contributed by atoms with E-state index in [1.807, 2.05) is 0 Å². The number of amides is 1. The summed E-state index contributed by atoms with van der Waals surface area (Å²) in [5.74, 6) is 0.337. The van der Waals surface area contributed by atoms with Crippen molar-refractivity contribution in [3.05, 3.63) is 30.1 Å². The van der Waals surface area contributed by atoms with Gasteiger partial charge in [0.05, 0.1) is 0 Å². The zero-order valence-electron chi connectivity index (χ0n) is 12.7. The molecule has 0 bridgehead atoms. The Balaban J connectivity index is 1.70. The Labute approximate surface area is 125 Å². The predicted octanol–water partition coefficient (Wildman–Crippen LogP) is 2.00. The molecule has 1 aromatic rings. The Morgan fingerprint density at radius 2 is 2.00 bits per heavy atom. The molecule has 1 aliphatic rings. The number of carbonyl (C=O) groups excluding carboxylic acids is 1. The van der Waals surface area contributed by atoms with Gasteiger partial charge < -0.3 is 9.64 Å². The first-order valence-electron chi connectivity index (χ1n) is 7.39. The fourth-order valence-electron chi connectivity index (χ4n) is 2.62. The lowest BCUT2D eigenvalue weighted by Crippen LogP contribution is -2.41. The van der Waals surface area contributed by atoms with Crippen LogP contribution in [0.2, 0.25) is 0 Å². The number of benzene rings is 1. The summed E-state index contributed by atoms with van der Waals surface area (Å²) in [4.78, 5) is 15.8. The first-order valence-corrected chi connectivity index (χ1v) is 7.39. The van der Waals surface area contributed by atoms with Gasteiger partial charge in [-0.1, -0.05) is 12.1 Å². The van der Waals surface area contributed by atoms with Gasteiger partial charge in [0.15, 0.2) is 11.6 Å². The highest BCUT2D eigenvalue weighted by Crippen LogP contribution is 2.19. The van der Waals surface area contributed by atoms with Crippen LogP contribution in [0.3, 0.4) is 0 Å². The zero-order chi connectivity index (χ0) is 15.2. The van der Waals surface area contributed by atoms with Gasteiger partial charge in [-0.25, -0.2) is 4.39 Å². The molecule has 0 N–H and O–H groups in total. The van der Waals surface area contributed by atoms with E-state index in [0.717, 1.165) is 32.5 Å². The zero-order valence-corrected chi connectivity index (χ0v) is 12.7. The molecule has 0 unspecified atom stereocenters. The van der Waals surface area contributed by atoms with Crippen LogP contribution in [0.15, 0.2) is 24.3 Å². The van der Waals surface area contributed by atoms with Crippen molar-refractivity contribution in [2.75, 3.05) is 40.3 Å². The number of likely N-dealkylation sites (tertiary alicyclic amines) is 1. The number of hydrogen-bond donors (Lipinski definition) is 0. The Hall–Kier alpha value is -1.62. The summed E-state index contributed by atoms with van der Waals surface area (Å²) in [7, 11) is 3.61. The number of rotatable bonds is 5. The molecular weight excluding hydrogens is 271 g/mol. The molecular formula is C16H23FN2O2. The predicted molar refractivity (Wildman–Crippen MR) is 79.8 cm³/mol. The van der Waals surface area contributed by atoms with Gasteiger partial charge in [-0.3, -0.25) is 9.69 Å². The molecule has 1 amide bonds. The van der Waals surface area contributed by atoms with E-state index in [-0.39, 0.29) is 17.6 Å². The molecule has 2 rings (SSSR count). The van der Waals surface area contributed by atoms with Crippen molar-refractivity contribution in [2.45, 2.75) is 12.8 Å². The lowest BCUT2D eigenvalue weighted by molar-refractivity contribution is -0.134. The van der Waals surface area contributed by atoms with Crippen LogP contribution in [-0.4, -0.2) is 56.0 Å². The summed E-state index contributed by atoms with van der Waals surface area (Å²) in [6.45, 7) is 3.01. The number of nitrogens with zero attached hydrogens (tertiary/aromatic N) is 2. The van der Waals surface area contributed by atoms with Crippen molar-refractivity contribution in [1.82, 2.24) is 9.80 Å². The SMILES string of the molecule is CN(C)C(=O)C1CCN(CCOc2ccccc2F)CC1. The first-order chi connectivity index (χ1) is 10.1. The number of hydrogen-bond acceptors (Lipinski definition) is 3. The number of ether oxygens (including phenoxy) is 1. The van der Waals surface area contributed by atoms with E-state index >= 15 is 0 Å². The van der Waals surface area contributed by atoms with Gasteiger partial charge in [0.2, 0.25) is 5.91 Å². The van der Waals surface area contributed by atoms with Gasteiger partial charge in [0.25, 0.3) is 0 Å². The van der Waals surface area contributed by atoms with Gasteiger partial charge in [0.1, 0.15) is 6.61 Å². The Morgan fingerprint density at radius 1 is 1.33 bits per heavy atom. The summed E-state index contributed by atoms with van der Waals surface area (Å²) < 4.78 is 18.9. The second-order valence-corrected chi connectivity index (χ2v) is 5.63. The topological polar surface area (TPSA) is 32.8 Å². The molecule has 0 aliphatic carbocycles. The number of carbonyl (C=O) groups is 1. The molecule has 0 saturated carbocycles. The third-order valence-corrected chi connectivity index (χ3v) is 3.88. The van der Waals surface area contributed by atoms with Gasteiger partial charge in [-0.05, 0) is 38.1 Å². The monoisotopic (exact) mass is 294 g/mol. The molecule has 1 heterocycles. The van der Waals surface area contributed by atoms with Crippen LogP contribution in [0, 0.1) is 11.7 Å². The molecule has 4 nitrogen and oxygen atoms in total. The van der Waals surface area contributed by atoms with Crippen molar-refractivity contribution in [3.63, 3.8) is 0 Å². The van der Waals surface area contributed by atoms with E-state index in [4.69, 9.17) is 4.74 Å². The number of piperidine rings is 1. The summed E-state index contributed by atoms with van der Waals surface area (Å²) in [6.07, 6.45) is 1.77. The molecule has 0 atom stereocenters. The van der Waals surface area contributed by atoms with E-state index < -0.39 is 0 Å². The normalized spacial score (nSPS) is 16.7. The molecule has 0 radical (unpaired) electrons. The molecule has 0 spiro atoms. The Kier molecular flexibility index (Phi) is 5.56. The lowest BCUT2D eigenvalue weighted by Gasteiger charge is -2.32. The summed E-state index contributed by atoms with van der Waals surface area (Å²) in [5, 5.41) is 0. The summed E-state index contributed by atoms with van der Waals surface area (Å²) in [6, 6.07) is 6.44. The van der Waals surface area contributed by atoms with Gasteiger partial charge >= 0.3 is 0 Å². The lowest BCUT2D eigenvalue weighted by atomic mass is 9.95. The molecule has 5 heteroatoms. The second-order valence-electron chi connectivity index (χ2n) is 5.63. The average Bonchev–Trinajstić information content (AvgIpc) is 2.49. The van der Waals surface area contributed by atoms with Crippen LogP contribution in [0.5, 0.6) is 5.75 Å². The van der Waals surface area contributed by atoms with Crippen molar-refractivity contribution in [3.8, 4) is 5.75 Å². The van der Waals surface area contributed by atoms with E-state index in [2.05, 4.69) is 4.90 Å². The third-order valence-electron chi connectivity index (χ3n) is 3.88. The van der Waals surface area contributed by atoms with E-state index in [1.165, 1.54) is 6.07 Å². The summed E-state index contributed by atoms with van der Waals surface area (Å²) >= 11 is 0. The highest BCUT2D eigenvalue weighted by molar-refractivity contribution is 5.78. The molecule has 1 saturated heterocycles. The average molecular weight is 294 g/mol. The van der Waals surface area contributed by atoms with Crippen molar-refractivity contribution in [2.24, 2.45) is 5.92 Å². The first kappa shape index (κ1) is 15.8. The minimum atomic E-state index is -0.326. The van der Waals surface area contributed by atoms with Crippen molar-refractivity contribution in [1.29, 1.82) is 0 Å². The summed E-state index contributed by atoms with van der Waals surface area (Å²) in [5.41, 5.74) is 0. The highest BCUT2D eigenvalue weighted by atomic mass is 19.1. The Bertz CT molecular complexity index is 471. The van der Waals surface area contributed by atoms with Crippen LogP contribution >= 0.6 is 0 Å². The van der Waals surface area contributed by atoms with Gasteiger partial charge in [0, 0.05) is 26.6 Å². The van der Waals surface area contributed by atoms with E-state index in [0.29, 0.717) is 12.4 Å². The molecule has 1 fully saturated rings. The maximum absolute atomic E-state index is 13.4. The minimum Gasteiger partial charge on any atom is -0.489 e. The molecule has 116 valence electrons. The van der Waals surface area contributed by atoms with Crippen LogP contribution < -0.4 is 4.74 Å². The molecule has 0 aromatic heterocycles. The second kappa shape index (κ2) is 7.41. The standard InChI is InChI=1S/C16H23FN2O2/c1-18(2)16(20)13-7-9-19(10-8-13)11-12-21-15-6-4-3-5-14(15)17/h3-6,13H,7-12H2,1-2H3. The van der Waals surface area contributed by atoms with Crippen LogP contribution in [0.4, 0.5) is 4.39 Å². The highest BCUT2D eigenvalue weighted by Gasteiger charge is 2.25. The van der Waals surface area contributed by atoms with Crippen molar-refractivity contribution >= 4 is 5.91 Å². The molecule has 21 heavy (non-hydrogen) atoms. The van der Waals surface area contributed by atoms with E-state index in [9.17, 15) is 9.18 Å². The van der Waals surface area contributed by atoms with Gasteiger partial charge in [-0.2, -0.15) is 0 Å². The van der Waals surface area contributed by atoms with E-state index in [1.54, 1.807) is 37.2 Å². The van der Waals surface area contributed by atoms with Crippen LogP contribution in [0.25, 0.3) is 0 Å². The Morgan fingerprint density at radius 3 is 2.62 bits per heavy atom. The maximum Gasteiger partial charge on any atom is 0.225 e. The fourth-order valence-corrected chi connectivity index (χ4v) is 2.62. The smallest absolute Gasteiger partial charge is 0.225 e. The molecule has 1 aromatic carbocycles. The quantitative estimate of drug-likeness (QED) is 0.833. The number of halogens is 1. The van der Waals surface area contributed by atoms with Gasteiger partial charge in [-0.15, -0.1) is 0 Å². The maximum atomic E-state index is 13.4. The van der Waals surface area contributed by atoms with Crippen LogP contribution in [-0.2, 0) is 4.79 Å². The minimum absolute atomic E-state index is 0.142. The molecule has 1 aliphatic heterocycles. The third kappa shape index (κ3) is 4.43. The van der Waals surface area contributed by atoms with Crippen LogP contribution in [0.1, 0.15) is 12.8 Å². The van der Waals surface area contributed by atoms with Crippen molar-refractivity contribution < 1.29 is 13.9 Å². The largest absolute Gasteiger partial charge is 0.489 e. The number of para-hydroxylation sites is 1. The fraction of sp³-hybridized carbons (Fsp3) is 0.562.